The monoisotopic (exact) mass is 273 g/mol. The molecule has 2 heterocycles. The predicted octanol–water partition coefficient (Wildman–Crippen LogP) is 3.97. The van der Waals surface area contributed by atoms with Crippen molar-refractivity contribution in [3.63, 3.8) is 0 Å². The van der Waals surface area contributed by atoms with E-state index < -0.39 is 0 Å². The molecule has 0 amide bonds. The van der Waals surface area contributed by atoms with E-state index in [1.54, 1.807) is 0 Å². The zero-order valence-electron chi connectivity index (χ0n) is 13.0. The van der Waals surface area contributed by atoms with E-state index in [4.69, 9.17) is 0 Å². The molecule has 2 aromatic rings. The zero-order valence-corrected chi connectivity index (χ0v) is 13.0. The first-order valence-corrected chi connectivity index (χ1v) is 7.85. The van der Waals surface area contributed by atoms with Crippen LogP contribution in [0.15, 0.2) is 24.5 Å². The second-order valence-corrected chi connectivity index (χ2v) is 5.95. The quantitative estimate of drug-likeness (QED) is 0.737. The maximum absolute atomic E-state index is 4.56. The molecule has 2 aromatic heterocycles. The van der Waals surface area contributed by atoms with Crippen molar-refractivity contribution >= 4 is 11.0 Å². The number of rotatable bonds is 8. The molecular weight excluding hydrogens is 246 g/mol. The van der Waals surface area contributed by atoms with Crippen LogP contribution in [0, 0.1) is 5.92 Å². The molecule has 0 fully saturated rings. The second kappa shape index (κ2) is 7.44. The molecule has 110 valence electrons. The molecule has 0 spiro atoms. The Bertz CT molecular complexity index is 528. The summed E-state index contributed by atoms with van der Waals surface area (Å²) in [7, 11) is 0. The maximum atomic E-state index is 4.56. The molecule has 0 aliphatic heterocycles. The molecule has 0 radical (unpaired) electrons. The zero-order chi connectivity index (χ0) is 14.4. The van der Waals surface area contributed by atoms with Crippen LogP contribution in [0.2, 0.25) is 0 Å². The van der Waals surface area contributed by atoms with E-state index in [1.807, 2.05) is 12.3 Å². The average molecular weight is 273 g/mol. The van der Waals surface area contributed by atoms with Crippen molar-refractivity contribution in [3.05, 3.63) is 30.1 Å². The maximum Gasteiger partial charge on any atom is 0.140 e. The molecule has 0 saturated heterocycles. The van der Waals surface area contributed by atoms with Gasteiger partial charge in [-0.15, -0.1) is 0 Å². The van der Waals surface area contributed by atoms with Gasteiger partial charge in [0.15, 0.2) is 0 Å². The third-order valence-corrected chi connectivity index (χ3v) is 3.59. The second-order valence-electron chi connectivity index (χ2n) is 5.95. The van der Waals surface area contributed by atoms with Crippen molar-refractivity contribution < 1.29 is 0 Å². The first kappa shape index (κ1) is 15.0. The van der Waals surface area contributed by atoms with Gasteiger partial charge in [-0.1, -0.05) is 33.6 Å². The van der Waals surface area contributed by atoms with Gasteiger partial charge in [0.25, 0.3) is 0 Å². The summed E-state index contributed by atoms with van der Waals surface area (Å²) in [6.07, 6.45) is 7.95. The smallest absolute Gasteiger partial charge is 0.140 e. The highest BCUT2D eigenvalue weighted by Gasteiger charge is 2.08. The summed E-state index contributed by atoms with van der Waals surface area (Å²) in [6.45, 7) is 9.79. The van der Waals surface area contributed by atoms with Gasteiger partial charge in [0.2, 0.25) is 0 Å². The average Bonchev–Trinajstić information content (AvgIpc) is 2.78. The van der Waals surface area contributed by atoms with Crippen LogP contribution in [0.1, 0.15) is 45.6 Å². The molecule has 1 N–H and O–H groups in total. The van der Waals surface area contributed by atoms with E-state index in [2.05, 4.69) is 47.9 Å². The van der Waals surface area contributed by atoms with Crippen LogP contribution in [0.4, 0.5) is 0 Å². The fourth-order valence-corrected chi connectivity index (χ4v) is 2.53. The molecule has 3 heteroatoms. The van der Waals surface area contributed by atoms with Gasteiger partial charge in [0, 0.05) is 30.9 Å². The van der Waals surface area contributed by atoms with Gasteiger partial charge in [0.1, 0.15) is 5.65 Å². The number of fused-ring (bicyclic) bond motifs is 1. The minimum absolute atomic E-state index is 0.686. The van der Waals surface area contributed by atoms with Gasteiger partial charge in [-0.3, -0.25) is 0 Å². The van der Waals surface area contributed by atoms with Crippen LogP contribution in [-0.2, 0) is 13.1 Å². The van der Waals surface area contributed by atoms with Gasteiger partial charge >= 0.3 is 0 Å². The van der Waals surface area contributed by atoms with E-state index in [1.165, 1.54) is 30.2 Å². The Hall–Kier alpha value is -1.35. The number of hydrogen-bond donors (Lipinski definition) is 1. The summed E-state index contributed by atoms with van der Waals surface area (Å²) in [5.41, 5.74) is 2.50. The summed E-state index contributed by atoms with van der Waals surface area (Å²) in [4.78, 5) is 4.56. The van der Waals surface area contributed by atoms with E-state index in [9.17, 15) is 0 Å². The van der Waals surface area contributed by atoms with Crippen LogP contribution >= 0.6 is 0 Å². The van der Waals surface area contributed by atoms with Gasteiger partial charge in [-0.25, -0.2) is 4.98 Å². The van der Waals surface area contributed by atoms with Crippen LogP contribution in [-0.4, -0.2) is 16.1 Å². The first-order chi connectivity index (χ1) is 9.72. The highest BCUT2D eigenvalue weighted by atomic mass is 15.0. The van der Waals surface area contributed by atoms with Crippen molar-refractivity contribution in [2.75, 3.05) is 6.54 Å². The number of aromatic nitrogens is 2. The minimum Gasteiger partial charge on any atom is -0.332 e. The molecule has 0 bridgehead atoms. The van der Waals surface area contributed by atoms with Crippen LogP contribution in [0.5, 0.6) is 0 Å². The van der Waals surface area contributed by atoms with E-state index in [0.29, 0.717) is 5.92 Å². The Kier molecular flexibility index (Phi) is 5.60. The number of nitrogens with one attached hydrogen (secondary N) is 1. The van der Waals surface area contributed by atoms with Gasteiger partial charge in [0.05, 0.1) is 0 Å². The fraction of sp³-hybridized carbons (Fsp3) is 0.588. The molecule has 0 aromatic carbocycles. The van der Waals surface area contributed by atoms with Crippen LogP contribution in [0.25, 0.3) is 11.0 Å². The minimum atomic E-state index is 0.686. The van der Waals surface area contributed by atoms with Gasteiger partial charge in [-0.05, 0) is 36.6 Å². The fourth-order valence-electron chi connectivity index (χ4n) is 2.53. The lowest BCUT2D eigenvalue weighted by molar-refractivity contribution is 0.551. The molecule has 0 aliphatic carbocycles. The van der Waals surface area contributed by atoms with Crippen LogP contribution in [0.3, 0.4) is 0 Å². The normalized spacial score (nSPS) is 11.6. The Balaban J connectivity index is 2.13. The number of pyridine rings is 1. The van der Waals surface area contributed by atoms with Crippen molar-refractivity contribution in [2.45, 2.75) is 53.1 Å². The van der Waals surface area contributed by atoms with Gasteiger partial charge < -0.3 is 9.88 Å². The molecule has 0 saturated carbocycles. The Labute approximate surface area is 122 Å². The number of aryl methyl sites for hydroxylation is 1. The summed E-state index contributed by atoms with van der Waals surface area (Å²) in [5.74, 6) is 0.686. The molecular formula is C17H27N3. The van der Waals surface area contributed by atoms with Crippen molar-refractivity contribution in [2.24, 2.45) is 5.92 Å². The predicted molar refractivity (Wildman–Crippen MR) is 85.8 cm³/mol. The number of unbranched alkanes of at least 4 members (excludes halogenated alkanes) is 2. The molecule has 0 atom stereocenters. The summed E-state index contributed by atoms with van der Waals surface area (Å²) in [5, 5.41) is 4.82. The Morgan fingerprint density at radius 2 is 2.15 bits per heavy atom. The van der Waals surface area contributed by atoms with Crippen molar-refractivity contribution in [3.8, 4) is 0 Å². The SMILES string of the molecule is CCCCCn1cc(CNCC(C)C)c2cccnc21. The van der Waals surface area contributed by atoms with E-state index in [0.717, 1.165) is 25.3 Å². The Morgan fingerprint density at radius 1 is 1.30 bits per heavy atom. The lowest BCUT2D eigenvalue weighted by Gasteiger charge is -2.06. The lowest BCUT2D eigenvalue weighted by Crippen LogP contribution is -2.18. The molecule has 2 rings (SSSR count). The third kappa shape index (κ3) is 3.83. The molecule has 20 heavy (non-hydrogen) atoms. The van der Waals surface area contributed by atoms with E-state index >= 15 is 0 Å². The van der Waals surface area contributed by atoms with Crippen molar-refractivity contribution in [1.29, 1.82) is 0 Å². The topological polar surface area (TPSA) is 29.9 Å². The van der Waals surface area contributed by atoms with Crippen LogP contribution < -0.4 is 5.32 Å². The highest BCUT2D eigenvalue weighted by Crippen LogP contribution is 2.20. The first-order valence-electron chi connectivity index (χ1n) is 7.85. The number of hydrogen-bond acceptors (Lipinski definition) is 2. The summed E-state index contributed by atoms with van der Waals surface area (Å²) < 4.78 is 2.32. The Morgan fingerprint density at radius 3 is 2.90 bits per heavy atom. The highest BCUT2D eigenvalue weighted by molar-refractivity contribution is 5.80. The third-order valence-electron chi connectivity index (χ3n) is 3.59. The molecule has 0 unspecified atom stereocenters. The molecule has 0 aliphatic rings. The lowest BCUT2D eigenvalue weighted by atomic mass is 10.2. The van der Waals surface area contributed by atoms with E-state index in [-0.39, 0.29) is 0 Å². The standard InChI is InChI=1S/C17H27N3/c1-4-5-6-10-20-13-15(12-18-11-14(2)3)16-8-7-9-19-17(16)20/h7-9,13-14,18H,4-6,10-12H2,1-3H3. The van der Waals surface area contributed by atoms with Gasteiger partial charge in [-0.2, -0.15) is 0 Å². The van der Waals surface area contributed by atoms with Crippen molar-refractivity contribution in [1.82, 2.24) is 14.9 Å². The summed E-state index contributed by atoms with van der Waals surface area (Å²) in [6, 6.07) is 4.22. The summed E-state index contributed by atoms with van der Waals surface area (Å²) >= 11 is 0. The largest absolute Gasteiger partial charge is 0.332 e. The number of nitrogens with zero attached hydrogens (tertiary/aromatic N) is 2. The molecule has 3 nitrogen and oxygen atoms in total.